The number of nitrogens with two attached hydrogens (primary N) is 1. The van der Waals surface area contributed by atoms with Crippen LogP contribution in [0.2, 0.25) is 0 Å². The highest BCUT2D eigenvalue weighted by Gasteiger charge is 2.39. The summed E-state index contributed by atoms with van der Waals surface area (Å²) in [5.74, 6) is -4.73. The Hall–Kier alpha value is -5.11. The van der Waals surface area contributed by atoms with E-state index in [9.17, 15) is 39.0 Å². The Morgan fingerprint density at radius 2 is 1.74 bits per heavy atom. The number of aliphatic carboxylic acids is 1. The molecule has 0 unspecified atom stereocenters. The molecule has 5 amide bonds. The van der Waals surface area contributed by atoms with Gasteiger partial charge in [0, 0.05) is 43.5 Å². The molecule has 15 heteroatoms. The molecule has 0 radical (unpaired) electrons. The van der Waals surface area contributed by atoms with Gasteiger partial charge in [-0.2, -0.15) is 0 Å². The van der Waals surface area contributed by atoms with E-state index in [1.807, 2.05) is 30.5 Å². The van der Waals surface area contributed by atoms with Crippen LogP contribution in [-0.4, -0.2) is 104 Å². The van der Waals surface area contributed by atoms with Crippen molar-refractivity contribution in [3.05, 3.63) is 65.9 Å². The van der Waals surface area contributed by atoms with Crippen molar-refractivity contribution in [2.75, 3.05) is 19.5 Å². The minimum absolute atomic E-state index is 0.0363. The molecule has 14 nitrogen and oxygen atoms in total. The van der Waals surface area contributed by atoms with Gasteiger partial charge in [-0.25, -0.2) is 0 Å². The number of benzene rings is 2. The average molecular weight is 711 g/mol. The Morgan fingerprint density at radius 3 is 2.42 bits per heavy atom. The molecule has 0 aliphatic carbocycles. The number of carboxylic acids is 1. The number of aromatic amines is 1. The number of likely N-dealkylation sites (tertiary alicyclic amines) is 1. The number of para-hydroxylation sites is 1. The van der Waals surface area contributed by atoms with E-state index in [2.05, 4.69) is 15.6 Å². The van der Waals surface area contributed by atoms with E-state index in [1.165, 1.54) is 24.1 Å². The molecule has 0 bridgehead atoms. The van der Waals surface area contributed by atoms with Crippen LogP contribution in [0.3, 0.4) is 0 Å². The van der Waals surface area contributed by atoms with Gasteiger partial charge in [-0.15, -0.1) is 11.6 Å². The summed E-state index contributed by atoms with van der Waals surface area (Å²) in [6.07, 6.45) is 3.29. The highest BCUT2D eigenvalue weighted by Crippen LogP contribution is 2.23. The second kappa shape index (κ2) is 17.5. The zero-order chi connectivity index (χ0) is 36.4. The van der Waals surface area contributed by atoms with Crippen LogP contribution in [0.1, 0.15) is 49.7 Å². The van der Waals surface area contributed by atoms with Crippen molar-refractivity contribution >= 4 is 58.0 Å². The standard InChI is InChI=1S/C35H43ClN6O8/c1-41(30(44)19-36)29(15-16-31(45)46)35(50)42-17-5-4-8-28(42)34(49)39-26(14-11-22-20-38-25-7-3-2-6-24(22)25)33(48)40-27(32(37)47)18-21-9-12-23(43)13-10-21/h2-3,6-7,9-10,12-13,20,26-29,38,43H,4-5,8,11,14-19H2,1H3,(H2,37,47)(H,39,49)(H,40,48)(H,45,46)/t26-,27-,28-,29-/m0/s1. The molecular weight excluding hydrogens is 668 g/mol. The number of fused-ring (bicyclic) bond motifs is 1. The predicted molar refractivity (Wildman–Crippen MR) is 185 cm³/mol. The van der Waals surface area contributed by atoms with Crippen molar-refractivity contribution < 1.29 is 39.0 Å². The molecule has 1 aliphatic rings. The van der Waals surface area contributed by atoms with Gasteiger partial charge >= 0.3 is 5.97 Å². The number of alkyl halides is 1. The number of H-pyrrole nitrogens is 1. The first-order valence-electron chi connectivity index (χ1n) is 16.5. The second-order valence-corrected chi connectivity index (χ2v) is 12.7. The van der Waals surface area contributed by atoms with E-state index < -0.39 is 65.6 Å². The number of likely N-dealkylation sites (N-methyl/N-ethyl adjacent to an activating group) is 1. The van der Waals surface area contributed by atoms with Crippen LogP contribution in [0.15, 0.2) is 54.7 Å². The van der Waals surface area contributed by atoms with Gasteiger partial charge in [0.25, 0.3) is 0 Å². The van der Waals surface area contributed by atoms with Gasteiger partial charge in [-0.3, -0.25) is 28.8 Å². The fraction of sp³-hybridized carbons (Fsp3) is 0.429. The first-order valence-corrected chi connectivity index (χ1v) is 17.0. The SMILES string of the molecule is CN(C(=O)CCl)[C@@H](CCC(=O)O)C(=O)N1CCCC[C@H]1C(=O)N[C@@H](CCc1c[nH]c2ccccc12)C(=O)N[C@@H](Cc1ccc(O)cc1)C(N)=O. The number of aryl methyl sites for hydroxylation is 1. The van der Waals surface area contributed by atoms with E-state index in [4.69, 9.17) is 17.3 Å². The molecule has 2 heterocycles. The van der Waals surface area contributed by atoms with Crippen LogP contribution in [0.4, 0.5) is 0 Å². The van der Waals surface area contributed by atoms with Gasteiger partial charge in [0.2, 0.25) is 29.5 Å². The largest absolute Gasteiger partial charge is 0.508 e. The fourth-order valence-electron chi connectivity index (χ4n) is 6.21. The third-order valence-corrected chi connectivity index (χ3v) is 9.26. The number of phenols is 1. The van der Waals surface area contributed by atoms with Crippen molar-refractivity contribution in [3.63, 3.8) is 0 Å². The number of nitrogens with zero attached hydrogens (tertiary/aromatic N) is 2. The molecule has 1 aliphatic heterocycles. The number of carbonyl (C=O) groups is 6. The molecule has 50 heavy (non-hydrogen) atoms. The number of carbonyl (C=O) groups excluding carboxylic acids is 5. The smallest absolute Gasteiger partial charge is 0.303 e. The predicted octanol–water partition coefficient (Wildman–Crippen LogP) is 1.82. The van der Waals surface area contributed by atoms with Gasteiger partial charge in [0.05, 0.1) is 0 Å². The lowest BCUT2D eigenvalue weighted by molar-refractivity contribution is -0.151. The van der Waals surface area contributed by atoms with E-state index in [1.54, 1.807) is 12.1 Å². The number of hydrogen-bond acceptors (Lipinski definition) is 7. The number of hydrogen-bond donors (Lipinski definition) is 6. The number of aromatic hydroxyl groups is 1. The summed E-state index contributed by atoms with van der Waals surface area (Å²) >= 11 is 5.74. The van der Waals surface area contributed by atoms with E-state index in [0.717, 1.165) is 21.4 Å². The van der Waals surface area contributed by atoms with Crippen LogP contribution in [0.5, 0.6) is 5.75 Å². The average Bonchev–Trinajstić information content (AvgIpc) is 3.52. The summed E-state index contributed by atoms with van der Waals surface area (Å²) < 4.78 is 0. The molecule has 268 valence electrons. The van der Waals surface area contributed by atoms with Crippen LogP contribution in [0.25, 0.3) is 10.9 Å². The summed E-state index contributed by atoms with van der Waals surface area (Å²) in [5.41, 5.74) is 8.11. The Morgan fingerprint density at radius 1 is 1.02 bits per heavy atom. The fourth-order valence-corrected chi connectivity index (χ4v) is 6.40. The van der Waals surface area contributed by atoms with E-state index >= 15 is 0 Å². The lowest BCUT2D eigenvalue weighted by Crippen LogP contribution is -2.60. The Labute approximate surface area is 294 Å². The van der Waals surface area contributed by atoms with Crippen molar-refractivity contribution in [1.82, 2.24) is 25.4 Å². The van der Waals surface area contributed by atoms with Crippen LogP contribution >= 0.6 is 11.6 Å². The van der Waals surface area contributed by atoms with Crippen molar-refractivity contribution in [2.24, 2.45) is 5.73 Å². The molecule has 0 saturated carbocycles. The highest BCUT2D eigenvalue weighted by molar-refractivity contribution is 6.27. The zero-order valence-electron chi connectivity index (χ0n) is 27.8. The quantitative estimate of drug-likeness (QED) is 0.120. The minimum Gasteiger partial charge on any atom is -0.508 e. The number of halogens is 1. The minimum atomic E-state index is -1.16. The third kappa shape index (κ3) is 9.74. The molecule has 4 atom stereocenters. The van der Waals surface area contributed by atoms with Crippen molar-refractivity contribution in [1.29, 1.82) is 0 Å². The number of rotatable bonds is 16. The number of phenolic OH excluding ortho intramolecular Hbond substituents is 1. The second-order valence-electron chi connectivity index (χ2n) is 12.4. The maximum absolute atomic E-state index is 14.0. The van der Waals surface area contributed by atoms with Crippen molar-refractivity contribution in [2.45, 2.75) is 75.5 Å². The normalized spacial score (nSPS) is 16.2. The van der Waals surface area contributed by atoms with Gasteiger partial charge < -0.3 is 41.4 Å². The lowest BCUT2D eigenvalue weighted by atomic mass is 9.97. The number of nitrogens with one attached hydrogen (secondary N) is 3. The molecule has 0 spiro atoms. The zero-order valence-corrected chi connectivity index (χ0v) is 28.5. The topological polar surface area (TPSA) is 215 Å². The molecule has 1 fully saturated rings. The Kier molecular flexibility index (Phi) is 13.2. The monoisotopic (exact) mass is 710 g/mol. The number of carboxylic acid groups (broad SMARTS) is 1. The molecule has 2 aromatic carbocycles. The van der Waals surface area contributed by atoms with Gasteiger partial charge in [-0.05, 0) is 67.9 Å². The van der Waals surface area contributed by atoms with E-state index in [0.29, 0.717) is 24.8 Å². The van der Waals surface area contributed by atoms with Crippen molar-refractivity contribution in [3.8, 4) is 5.75 Å². The summed E-state index contributed by atoms with van der Waals surface area (Å²) in [4.78, 5) is 83.6. The Balaban J connectivity index is 1.57. The third-order valence-electron chi connectivity index (χ3n) is 9.03. The highest BCUT2D eigenvalue weighted by atomic mass is 35.5. The molecule has 3 aromatic rings. The summed E-state index contributed by atoms with van der Waals surface area (Å²) in [6, 6.07) is 9.31. The molecule has 4 rings (SSSR count). The number of aromatic nitrogens is 1. The van der Waals surface area contributed by atoms with E-state index in [-0.39, 0.29) is 44.4 Å². The van der Waals surface area contributed by atoms with Crippen LogP contribution in [-0.2, 0) is 41.6 Å². The lowest BCUT2D eigenvalue weighted by Gasteiger charge is -2.39. The summed E-state index contributed by atoms with van der Waals surface area (Å²) in [7, 11) is 1.37. The number of amides is 5. The molecule has 1 saturated heterocycles. The first-order chi connectivity index (χ1) is 23.9. The molecule has 1 aromatic heterocycles. The van der Waals surface area contributed by atoms with Crippen LogP contribution in [0, 0.1) is 0 Å². The first kappa shape index (κ1) is 37.7. The Bertz CT molecular complexity index is 1700. The maximum Gasteiger partial charge on any atom is 0.303 e. The summed E-state index contributed by atoms with van der Waals surface area (Å²) in [6.45, 7) is 0.186. The van der Waals surface area contributed by atoms with Gasteiger partial charge in [-0.1, -0.05) is 30.3 Å². The molecular formula is C35H43ClN6O8. The van der Waals surface area contributed by atoms with Gasteiger partial charge in [0.15, 0.2) is 0 Å². The maximum atomic E-state index is 14.0. The number of primary amides is 1. The molecule has 7 N–H and O–H groups in total. The van der Waals surface area contributed by atoms with Gasteiger partial charge in [0.1, 0.15) is 35.8 Å². The van der Waals surface area contributed by atoms with Crippen LogP contribution < -0.4 is 16.4 Å². The summed E-state index contributed by atoms with van der Waals surface area (Å²) in [5, 5.41) is 25.4. The number of piperidine rings is 1.